The second-order valence-electron chi connectivity index (χ2n) is 27.7. The number of alkyl halides is 3. The summed E-state index contributed by atoms with van der Waals surface area (Å²) >= 11 is 0. The lowest BCUT2D eigenvalue weighted by atomic mass is 9.32. The third-order valence-electron chi connectivity index (χ3n) is 19.5. The molecular formula is C70H91F3N18O17S2. The Balaban J connectivity index is 1.19. The van der Waals surface area contributed by atoms with Gasteiger partial charge in [-0.2, -0.15) is 13.2 Å². The van der Waals surface area contributed by atoms with Gasteiger partial charge < -0.3 is 107 Å². The second kappa shape index (κ2) is 38.4. The van der Waals surface area contributed by atoms with E-state index in [0.717, 1.165) is 21.6 Å². The Bertz CT molecular complexity index is 4060. The number of nitrogens with two attached hydrogens (primary N) is 4. The minimum atomic E-state index is -4.80. The molecule has 24 N–H and O–H groups in total. The number of para-hydroxylation sites is 1. The number of halogens is 3. The number of aromatic nitrogens is 1. The van der Waals surface area contributed by atoms with Crippen molar-refractivity contribution < 1.29 is 95.6 Å². The Hall–Kier alpha value is -10.9. The van der Waals surface area contributed by atoms with Crippen LogP contribution in [-0.2, 0) is 86.4 Å². The highest BCUT2D eigenvalue weighted by Gasteiger charge is 2.81. The van der Waals surface area contributed by atoms with Crippen LogP contribution in [0.4, 0.5) is 13.2 Å². The quantitative estimate of drug-likeness (QED) is 0.0154. The number of aliphatic carboxylic acids is 1. The molecule has 2 bridgehead atoms. The molecule has 3 saturated carbocycles. The molecule has 13 amide bonds. The number of aromatic hydroxyl groups is 2. The van der Waals surface area contributed by atoms with Crippen molar-refractivity contribution in [2.24, 2.45) is 33.8 Å². The largest absolute Gasteiger partial charge is 0.508 e. The first-order chi connectivity index (χ1) is 52.2. The lowest BCUT2D eigenvalue weighted by Gasteiger charge is -2.72. The van der Waals surface area contributed by atoms with Crippen LogP contribution in [0, 0.1) is 16.2 Å². The molecule has 10 atom stereocenters. The third kappa shape index (κ3) is 23.1. The average molecular weight is 1580 g/mol. The summed E-state index contributed by atoms with van der Waals surface area (Å²) in [5.41, 5.74) is 20.2. The minimum Gasteiger partial charge on any atom is -0.508 e. The van der Waals surface area contributed by atoms with Gasteiger partial charge in [0.2, 0.25) is 76.8 Å². The summed E-state index contributed by atoms with van der Waals surface area (Å²) < 4.78 is 44.5. The molecule has 4 aromatic rings. The summed E-state index contributed by atoms with van der Waals surface area (Å²) in [6, 6.07) is 0.805. The SMILES string of the molecule is N=C(N)NCCC[C@@H]1NC(=O)[C@H](Cc2ccc(O)cc2)NC(=O)[C@H](C23CC(C(F)(F)F)(C2)C3)NC(=O)[C@@H](NC(=O)[C@H](Cc2ccc(O)cc2)NC(=O)[C@@H]2CCCN2C(=O)CCN)CSSC[C@H](C(N)=O)NC(=O)[C@H](CCC(=O)O)NC(=O)[C@H](Cc2c[nH]c3ccccc23)NC(=O)[C@H](CCC(N)=O)NC(=O)CCNC1=O. The number of hydrogen-bond donors (Lipinski definition) is 20. The van der Waals surface area contributed by atoms with E-state index < -0.39 is 242 Å². The van der Waals surface area contributed by atoms with Crippen molar-refractivity contribution >= 4 is 121 Å². The van der Waals surface area contributed by atoms with Crippen molar-refractivity contribution in [2.75, 3.05) is 37.7 Å². The first kappa shape index (κ1) is 84.7. The van der Waals surface area contributed by atoms with Gasteiger partial charge in [0.05, 0.1) is 5.41 Å². The van der Waals surface area contributed by atoms with Crippen LogP contribution in [0.25, 0.3) is 10.9 Å². The zero-order valence-electron chi connectivity index (χ0n) is 59.6. The van der Waals surface area contributed by atoms with E-state index in [0.29, 0.717) is 28.5 Å². The number of primary amides is 2. The highest BCUT2D eigenvalue weighted by atomic mass is 33.1. The molecule has 3 heterocycles. The van der Waals surface area contributed by atoms with E-state index in [4.69, 9.17) is 28.3 Å². The van der Waals surface area contributed by atoms with Crippen LogP contribution in [0.1, 0.15) is 100 Å². The molecule has 0 spiro atoms. The van der Waals surface area contributed by atoms with E-state index in [-0.39, 0.29) is 75.2 Å². The molecule has 0 radical (unpaired) electrons. The van der Waals surface area contributed by atoms with Gasteiger partial charge in [-0.25, -0.2) is 0 Å². The van der Waals surface area contributed by atoms with Crippen LogP contribution in [-0.4, -0.2) is 218 Å². The monoisotopic (exact) mass is 1580 g/mol. The molecule has 3 aliphatic carbocycles. The van der Waals surface area contributed by atoms with E-state index in [9.17, 15) is 81.2 Å². The standard InChI is InChI=1S/C70H91F3N18O17S2/c71-70(72,73)69-33-68(34-69,35-69)56-66(108)87-47(28-37-11-15-40(93)16-12-37)61(103)83-43(7-3-24-80-67(77)78)58(100)79-25-22-53(95)82-44(17-19-52(75)94)59(101)85-48(29-38-30-81-42-6-2-1-5-41(38)42)63(105)84-45(18-20-55(97)98)60(102)88-49(57(76)99)31-109-110-32-50(64(106)90-56)89-62(104)46(27-36-9-13-39(92)14-10-36)86-65(107)51-8-4-26-91(51)54(96)21-23-74/h1-2,5-6,9-16,30,43-51,56,81,92-93H,3-4,7-8,17-29,31-35,74H2,(H2,75,94)(H2,76,99)(H,79,100)(H,82,95)(H,83,103)(H,84,105)(H,85,101)(H,86,107)(H,87,108)(H,88,102)(H,89,104)(H,90,106)(H,97,98)(H4,77,78,80)/t43-,44-,45-,46-,47-,48-,49+,50-,51-,56+,68?,69?/m0/s1. The molecular weight excluding hydrogens is 1490 g/mol. The Morgan fingerprint density at radius 3 is 1.88 bits per heavy atom. The Kier molecular flexibility index (Phi) is 29.6. The van der Waals surface area contributed by atoms with E-state index in [1.165, 1.54) is 59.6 Å². The van der Waals surface area contributed by atoms with E-state index >= 15 is 14.4 Å². The van der Waals surface area contributed by atoms with Crippen LogP contribution in [0.5, 0.6) is 11.5 Å². The lowest BCUT2D eigenvalue weighted by molar-refractivity contribution is -0.366. The number of amides is 13. The zero-order valence-corrected chi connectivity index (χ0v) is 61.2. The van der Waals surface area contributed by atoms with Gasteiger partial charge in [0, 0.05) is 105 Å². The van der Waals surface area contributed by atoms with Gasteiger partial charge in [0.25, 0.3) is 0 Å². The van der Waals surface area contributed by atoms with Gasteiger partial charge in [-0.05, 0) is 105 Å². The molecule has 596 valence electrons. The van der Waals surface area contributed by atoms with E-state index in [1.54, 1.807) is 24.3 Å². The highest BCUT2D eigenvalue weighted by molar-refractivity contribution is 8.76. The Morgan fingerprint density at radius 1 is 0.673 bits per heavy atom. The number of phenols is 2. The molecule has 9 rings (SSSR count). The van der Waals surface area contributed by atoms with Crippen molar-refractivity contribution in [1.29, 1.82) is 5.41 Å². The lowest BCUT2D eigenvalue weighted by Crippen LogP contribution is -2.77. The van der Waals surface area contributed by atoms with Crippen LogP contribution in [0.3, 0.4) is 0 Å². The fourth-order valence-electron chi connectivity index (χ4n) is 13.8. The molecule has 5 aliphatic rings. The van der Waals surface area contributed by atoms with Gasteiger partial charge in [0.15, 0.2) is 5.96 Å². The van der Waals surface area contributed by atoms with Crippen molar-refractivity contribution in [1.82, 2.24) is 68.4 Å². The van der Waals surface area contributed by atoms with Crippen LogP contribution in [0.15, 0.2) is 79.0 Å². The van der Waals surface area contributed by atoms with Crippen LogP contribution in [0.2, 0.25) is 0 Å². The highest BCUT2D eigenvalue weighted by Crippen LogP contribution is 2.79. The number of nitrogens with one attached hydrogen (secondary N) is 13. The number of likely N-dealkylation sites (tertiary alicyclic amines) is 1. The number of hydrogen-bond acceptors (Lipinski definition) is 20. The van der Waals surface area contributed by atoms with Gasteiger partial charge in [-0.1, -0.05) is 64.1 Å². The maximum Gasteiger partial charge on any atom is 0.394 e. The maximum absolute atomic E-state index is 15.4. The van der Waals surface area contributed by atoms with Crippen molar-refractivity contribution in [3.63, 3.8) is 0 Å². The predicted molar refractivity (Wildman–Crippen MR) is 392 cm³/mol. The number of phenolic OH excluding ortho intramolecular Hbond substituents is 2. The number of nitrogens with zero attached hydrogens (tertiary/aromatic N) is 1. The summed E-state index contributed by atoms with van der Waals surface area (Å²) in [7, 11) is 1.47. The number of carboxylic acid groups (broad SMARTS) is 1. The summed E-state index contributed by atoms with van der Waals surface area (Å²) in [5, 5.41) is 66.5. The summed E-state index contributed by atoms with van der Waals surface area (Å²) in [5.74, 6) is -16.6. The maximum atomic E-state index is 15.4. The minimum absolute atomic E-state index is 0.0106. The normalized spacial score (nSPS) is 25.3. The molecule has 5 fully saturated rings. The molecule has 2 aliphatic heterocycles. The fraction of sp³-hybridized carbons (Fsp3) is 0.500. The number of carbonyl (C=O) groups excluding carboxylic acids is 13. The molecule has 0 unspecified atom stereocenters. The van der Waals surface area contributed by atoms with Crippen molar-refractivity contribution in [2.45, 2.75) is 169 Å². The second-order valence-corrected chi connectivity index (χ2v) is 30.2. The van der Waals surface area contributed by atoms with Gasteiger partial charge in [-0.15, -0.1) is 0 Å². The topological polar surface area (TPSA) is 579 Å². The number of aromatic amines is 1. The predicted octanol–water partition coefficient (Wildman–Crippen LogP) is -2.18. The van der Waals surface area contributed by atoms with Crippen LogP contribution >= 0.6 is 21.6 Å². The number of guanidine groups is 1. The Labute approximate surface area is 635 Å². The first-order valence-electron chi connectivity index (χ1n) is 35.5. The number of benzene rings is 3. The first-order valence-corrected chi connectivity index (χ1v) is 37.9. The fourth-order valence-corrected chi connectivity index (χ4v) is 16.1. The Morgan fingerprint density at radius 2 is 1.25 bits per heavy atom. The molecule has 40 heteroatoms. The van der Waals surface area contributed by atoms with Crippen molar-refractivity contribution in [3.05, 3.63) is 95.7 Å². The molecule has 35 nitrogen and oxygen atoms in total. The van der Waals surface area contributed by atoms with Gasteiger partial charge in [0.1, 0.15) is 71.9 Å². The average Bonchev–Trinajstić information content (AvgIpc) is 0.746. The van der Waals surface area contributed by atoms with Gasteiger partial charge >= 0.3 is 12.1 Å². The molecule has 110 heavy (non-hydrogen) atoms. The number of carbonyl (C=O) groups is 14. The van der Waals surface area contributed by atoms with Crippen LogP contribution < -0.4 is 81.4 Å². The third-order valence-corrected chi connectivity index (χ3v) is 22.0. The molecule has 1 aromatic heterocycles. The number of H-pyrrole nitrogens is 1. The molecule has 3 aromatic carbocycles. The smallest absolute Gasteiger partial charge is 0.394 e. The summed E-state index contributed by atoms with van der Waals surface area (Å²) in [4.78, 5) is 202. The van der Waals surface area contributed by atoms with E-state index in [1.807, 2.05) is 0 Å². The summed E-state index contributed by atoms with van der Waals surface area (Å²) in [6.07, 6.45) is -9.29. The van der Waals surface area contributed by atoms with Gasteiger partial charge in [-0.3, -0.25) is 72.5 Å². The van der Waals surface area contributed by atoms with E-state index in [2.05, 4.69) is 63.5 Å². The molecule has 2 saturated heterocycles. The summed E-state index contributed by atoms with van der Waals surface area (Å²) in [6.45, 7) is -0.425. The number of fused-ring (bicyclic) bond motifs is 1. The zero-order chi connectivity index (χ0) is 80.2. The number of carboxylic acids is 1. The number of rotatable bonds is 24. The van der Waals surface area contributed by atoms with Crippen molar-refractivity contribution in [3.8, 4) is 11.5 Å².